The van der Waals surface area contributed by atoms with Gasteiger partial charge in [0.2, 0.25) is 23.6 Å². The summed E-state index contributed by atoms with van der Waals surface area (Å²) < 4.78 is 0. The molecule has 0 aromatic carbocycles. The topological polar surface area (TPSA) is 90.4 Å². The number of rotatable bonds is 1. The number of hydrogen-bond donors (Lipinski definition) is 0. The minimum absolute atomic E-state index is 0.0362. The van der Waals surface area contributed by atoms with E-state index < -0.39 is 17.3 Å². The lowest BCUT2D eigenvalue weighted by atomic mass is 9.67. The highest BCUT2D eigenvalue weighted by Crippen LogP contribution is 2.53. The molecule has 0 aromatic rings. The fraction of sp³-hybridized carbons (Fsp3) is 0.688. The standard InChI is InChI=1S/C16H20N4O4/c1-18-11(21)7-9(12(18)22)16-10(13(23)19(2)15(16)24)8-17-14(16)20-5-3-4-6-20/h9-10H,3-8H2,1-2H3. The van der Waals surface area contributed by atoms with Crippen LogP contribution in [0.4, 0.5) is 0 Å². The molecule has 3 unspecified atom stereocenters. The molecule has 0 aromatic heterocycles. The molecule has 8 heteroatoms. The van der Waals surface area contributed by atoms with Gasteiger partial charge in [0.05, 0.1) is 18.4 Å². The largest absolute Gasteiger partial charge is 0.359 e. The number of aliphatic imine (C=N–C) groups is 1. The number of carbonyl (C=O) groups excluding carboxylic acids is 4. The molecule has 3 atom stereocenters. The van der Waals surface area contributed by atoms with Gasteiger partial charge >= 0.3 is 0 Å². The van der Waals surface area contributed by atoms with Gasteiger partial charge in [-0.15, -0.1) is 0 Å². The Morgan fingerprint density at radius 2 is 1.58 bits per heavy atom. The summed E-state index contributed by atoms with van der Waals surface area (Å²) in [5, 5.41) is 0. The zero-order valence-corrected chi connectivity index (χ0v) is 13.8. The van der Waals surface area contributed by atoms with E-state index in [2.05, 4.69) is 4.99 Å². The molecule has 0 radical (unpaired) electrons. The zero-order valence-electron chi connectivity index (χ0n) is 13.8. The van der Waals surface area contributed by atoms with Crippen molar-refractivity contribution in [2.45, 2.75) is 19.3 Å². The first kappa shape index (κ1) is 15.3. The van der Waals surface area contributed by atoms with Crippen LogP contribution < -0.4 is 0 Å². The van der Waals surface area contributed by atoms with Crippen LogP contribution in [0.3, 0.4) is 0 Å². The van der Waals surface area contributed by atoms with Gasteiger partial charge in [-0.1, -0.05) is 0 Å². The average Bonchev–Trinajstić information content (AvgIpc) is 3.30. The number of amides is 4. The number of carbonyl (C=O) groups is 4. The maximum atomic E-state index is 13.1. The maximum absolute atomic E-state index is 13.1. The van der Waals surface area contributed by atoms with Gasteiger partial charge in [0.25, 0.3) is 0 Å². The second-order valence-corrected chi connectivity index (χ2v) is 7.03. The Labute approximate surface area is 139 Å². The van der Waals surface area contributed by atoms with Gasteiger partial charge in [-0.25, -0.2) is 0 Å². The fourth-order valence-electron chi connectivity index (χ4n) is 4.69. The van der Waals surface area contributed by atoms with E-state index in [1.165, 1.54) is 14.1 Å². The van der Waals surface area contributed by atoms with Crippen LogP contribution >= 0.6 is 0 Å². The van der Waals surface area contributed by atoms with Crippen LogP contribution in [0.1, 0.15) is 19.3 Å². The summed E-state index contributed by atoms with van der Waals surface area (Å²) in [5.74, 6) is -2.32. The van der Waals surface area contributed by atoms with E-state index in [-0.39, 0.29) is 36.6 Å². The summed E-state index contributed by atoms with van der Waals surface area (Å²) >= 11 is 0. The van der Waals surface area contributed by atoms with Gasteiger partial charge < -0.3 is 4.90 Å². The summed E-state index contributed by atoms with van der Waals surface area (Å²) in [6, 6.07) is 0. The first-order valence-electron chi connectivity index (χ1n) is 8.33. The smallest absolute Gasteiger partial charge is 0.244 e. The monoisotopic (exact) mass is 332 g/mol. The number of amidine groups is 1. The van der Waals surface area contributed by atoms with Crippen LogP contribution in [0.15, 0.2) is 4.99 Å². The lowest BCUT2D eigenvalue weighted by molar-refractivity contribution is -0.144. The van der Waals surface area contributed by atoms with E-state index >= 15 is 0 Å². The highest BCUT2D eigenvalue weighted by atomic mass is 16.2. The van der Waals surface area contributed by atoms with Crippen molar-refractivity contribution in [3.63, 3.8) is 0 Å². The van der Waals surface area contributed by atoms with E-state index in [1.807, 2.05) is 4.90 Å². The molecule has 0 saturated carbocycles. The Kier molecular flexibility index (Phi) is 3.10. The molecule has 0 aliphatic carbocycles. The normalized spacial score (nSPS) is 36.2. The molecule has 0 N–H and O–H groups in total. The molecule has 0 spiro atoms. The third kappa shape index (κ3) is 1.61. The first-order chi connectivity index (χ1) is 11.4. The molecule has 4 aliphatic heterocycles. The molecule has 4 heterocycles. The van der Waals surface area contributed by atoms with Crippen LogP contribution in [0.25, 0.3) is 0 Å². The quantitative estimate of drug-likeness (QED) is 0.581. The van der Waals surface area contributed by atoms with Gasteiger partial charge in [0, 0.05) is 33.6 Å². The van der Waals surface area contributed by atoms with Gasteiger partial charge in [-0.2, -0.15) is 0 Å². The molecule has 0 bridgehead atoms. The number of likely N-dealkylation sites (tertiary alicyclic amines) is 3. The van der Waals surface area contributed by atoms with Crippen molar-refractivity contribution in [3.05, 3.63) is 0 Å². The summed E-state index contributed by atoms with van der Waals surface area (Å²) in [6.07, 6.45) is 1.95. The highest BCUT2D eigenvalue weighted by Gasteiger charge is 2.71. The van der Waals surface area contributed by atoms with Gasteiger partial charge in [-0.05, 0) is 12.8 Å². The predicted molar refractivity (Wildman–Crippen MR) is 82.7 cm³/mol. The van der Waals surface area contributed by atoms with Crippen LogP contribution in [0, 0.1) is 17.3 Å². The predicted octanol–water partition coefficient (Wildman–Crippen LogP) is -0.900. The Morgan fingerprint density at radius 1 is 0.958 bits per heavy atom. The molecular weight excluding hydrogens is 312 g/mol. The zero-order chi connectivity index (χ0) is 17.2. The lowest BCUT2D eigenvalue weighted by Crippen LogP contribution is -2.54. The third-order valence-electron chi connectivity index (χ3n) is 5.97. The van der Waals surface area contributed by atoms with Crippen molar-refractivity contribution in [1.82, 2.24) is 14.7 Å². The lowest BCUT2D eigenvalue weighted by Gasteiger charge is -2.36. The number of nitrogens with zero attached hydrogens (tertiary/aromatic N) is 4. The number of imide groups is 2. The van der Waals surface area contributed by atoms with Crippen LogP contribution in [-0.4, -0.2) is 77.9 Å². The Balaban J connectivity index is 1.86. The van der Waals surface area contributed by atoms with Crippen molar-refractivity contribution in [2.75, 3.05) is 33.7 Å². The Hall–Kier alpha value is -2.25. The van der Waals surface area contributed by atoms with Crippen molar-refractivity contribution in [3.8, 4) is 0 Å². The fourth-order valence-corrected chi connectivity index (χ4v) is 4.69. The second kappa shape index (κ2) is 4.87. The van der Waals surface area contributed by atoms with Crippen molar-refractivity contribution in [2.24, 2.45) is 22.2 Å². The molecule has 4 aliphatic rings. The van der Waals surface area contributed by atoms with Crippen LogP contribution in [-0.2, 0) is 19.2 Å². The summed E-state index contributed by atoms with van der Waals surface area (Å²) in [7, 11) is 2.89. The molecular formula is C16H20N4O4. The first-order valence-corrected chi connectivity index (χ1v) is 8.33. The molecule has 3 saturated heterocycles. The minimum atomic E-state index is -1.30. The van der Waals surface area contributed by atoms with Crippen LogP contribution in [0.2, 0.25) is 0 Å². The van der Waals surface area contributed by atoms with E-state index in [9.17, 15) is 19.2 Å². The average molecular weight is 332 g/mol. The third-order valence-corrected chi connectivity index (χ3v) is 5.97. The molecule has 128 valence electrons. The van der Waals surface area contributed by atoms with Crippen molar-refractivity contribution < 1.29 is 19.2 Å². The maximum Gasteiger partial charge on any atom is 0.244 e. The number of hydrogen-bond acceptors (Lipinski definition) is 6. The minimum Gasteiger partial charge on any atom is -0.359 e. The summed E-state index contributed by atoms with van der Waals surface area (Å²) in [4.78, 5) is 59.3. The molecule has 3 fully saturated rings. The van der Waals surface area contributed by atoms with Crippen LogP contribution in [0.5, 0.6) is 0 Å². The highest BCUT2D eigenvalue weighted by molar-refractivity contribution is 6.24. The summed E-state index contributed by atoms with van der Waals surface area (Å²) in [6.45, 7) is 1.74. The molecule has 4 rings (SSSR count). The van der Waals surface area contributed by atoms with E-state index in [0.29, 0.717) is 5.84 Å². The molecule has 24 heavy (non-hydrogen) atoms. The van der Waals surface area contributed by atoms with E-state index in [1.54, 1.807) is 0 Å². The van der Waals surface area contributed by atoms with Gasteiger partial charge in [0.15, 0.2) is 0 Å². The van der Waals surface area contributed by atoms with E-state index in [4.69, 9.17) is 0 Å². The molecule has 8 nitrogen and oxygen atoms in total. The number of fused-ring (bicyclic) bond motifs is 1. The van der Waals surface area contributed by atoms with Crippen molar-refractivity contribution >= 4 is 29.5 Å². The Bertz CT molecular complexity index is 696. The van der Waals surface area contributed by atoms with Gasteiger partial charge in [-0.3, -0.25) is 34.0 Å². The van der Waals surface area contributed by atoms with E-state index in [0.717, 1.165) is 35.7 Å². The van der Waals surface area contributed by atoms with Crippen molar-refractivity contribution in [1.29, 1.82) is 0 Å². The second-order valence-electron chi connectivity index (χ2n) is 7.03. The van der Waals surface area contributed by atoms with Gasteiger partial charge in [0.1, 0.15) is 11.3 Å². The SMILES string of the molecule is CN1C(=O)CC(C23C(=O)N(C)C(=O)C2CN=C3N2CCCC2)C1=O. The Morgan fingerprint density at radius 3 is 2.17 bits per heavy atom. The summed E-state index contributed by atoms with van der Waals surface area (Å²) in [5.41, 5.74) is -1.30. The molecule has 4 amide bonds.